The molecule has 0 atom stereocenters. The number of halogens is 1. The third-order valence-corrected chi connectivity index (χ3v) is 3.72. The van der Waals surface area contributed by atoms with Crippen molar-refractivity contribution in [2.45, 2.75) is 19.8 Å². The topological polar surface area (TPSA) is 23.8 Å². The minimum absolute atomic E-state index is 0.523. The standard InChI is InChI=1S/C18H16BrN/c1-13(2)15-5-3-14(4-6-15)11-17(12-20)16-7-9-18(19)10-8-16/h3-11,13H,1-2H3. The summed E-state index contributed by atoms with van der Waals surface area (Å²) in [6.07, 6.45) is 1.92. The van der Waals surface area contributed by atoms with E-state index in [2.05, 4.69) is 60.1 Å². The van der Waals surface area contributed by atoms with Gasteiger partial charge in [-0.05, 0) is 40.8 Å². The molecule has 0 unspecified atom stereocenters. The van der Waals surface area contributed by atoms with Crippen LogP contribution in [0.5, 0.6) is 0 Å². The van der Waals surface area contributed by atoms with E-state index in [1.807, 2.05) is 30.3 Å². The van der Waals surface area contributed by atoms with Crippen LogP contribution in [-0.4, -0.2) is 0 Å². The van der Waals surface area contributed by atoms with Crippen molar-refractivity contribution in [3.8, 4) is 6.07 Å². The molecule has 0 aliphatic rings. The number of nitrogens with zero attached hydrogens (tertiary/aromatic N) is 1. The van der Waals surface area contributed by atoms with Crippen LogP contribution in [0.4, 0.5) is 0 Å². The molecule has 0 fully saturated rings. The van der Waals surface area contributed by atoms with Crippen LogP contribution in [0.3, 0.4) is 0 Å². The van der Waals surface area contributed by atoms with E-state index >= 15 is 0 Å². The van der Waals surface area contributed by atoms with E-state index in [1.54, 1.807) is 0 Å². The summed E-state index contributed by atoms with van der Waals surface area (Å²) < 4.78 is 1.01. The van der Waals surface area contributed by atoms with E-state index in [-0.39, 0.29) is 0 Å². The molecule has 0 aliphatic heterocycles. The first kappa shape index (κ1) is 14.6. The monoisotopic (exact) mass is 325 g/mol. The molecule has 0 aliphatic carbocycles. The normalized spacial score (nSPS) is 11.4. The third-order valence-electron chi connectivity index (χ3n) is 3.19. The van der Waals surface area contributed by atoms with Gasteiger partial charge < -0.3 is 0 Å². The fourth-order valence-electron chi connectivity index (χ4n) is 1.95. The summed E-state index contributed by atoms with van der Waals surface area (Å²) >= 11 is 3.40. The Labute approximate surface area is 128 Å². The maximum absolute atomic E-state index is 9.32. The minimum atomic E-state index is 0.523. The summed E-state index contributed by atoms with van der Waals surface area (Å²) in [6.45, 7) is 4.35. The minimum Gasteiger partial charge on any atom is -0.192 e. The molecule has 0 radical (unpaired) electrons. The van der Waals surface area contributed by atoms with Gasteiger partial charge in [-0.15, -0.1) is 0 Å². The zero-order valence-electron chi connectivity index (χ0n) is 11.6. The first-order valence-corrected chi connectivity index (χ1v) is 7.37. The second-order valence-electron chi connectivity index (χ2n) is 5.00. The van der Waals surface area contributed by atoms with Crippen molar-refractivity contribution in [1.82, 2.24) is 0 Å². The second kappa shape index (κ2) is 6.54. The molecule has 100 valence electrons. The maximum Gasteiger partial charge on any atom is 0.0998 e. The van der Waals surface area contributed by atoms with Crippen LogP contribution in [0.15, 0.2) is 53.0 Å². The molecule has 2 rings (SSSR count). The lowest BCUT2D eigenvalue weighted by Crippen LogP contribution is -1.87. The molecule has 0 spiro atoms. The van der Waals surface area contributed by atoms with Gasteiger partial charge in [0.2, 0.25) is 0 Å². The number of hydrogen-bond acceptors (Lipinski definition) is 1. The van der Waals surface area contributed by atoms with Gasteiger partial charge in [0.15, 0.2) is 0 Å². The van der Waals surface area contributed by atoms with Crippen LogP contribution in [0.1, 0.15) is 36.5 Å². The Morgan fingerprint density at radius 2 is 1.65 bits per heavy atom. The van der Waals surface area contributed by atoms with Crippen molar-refractivity contribution >= 4 is 27.6 Å². The van der Waals surface area contributed by atoms with Crippen molar-refractivity contribution in [2.75, 3.05) is 0 Å². The van der Waals surface area contributed by atoms with Gasteiger partial charge in [-0.3, -0.25) is 0 Å². The maximum atomic E-state index is 9.32. The predicted molar refractivity (Wildman–Crippen MR) is 88.2 cm³/mol. The highest BCUT2D eigenvalue weighted by atomic mass is 79.9. The predicted octanol–water partition coefficient (Wildman–Crippen LogP) is 5.64. The van der Waals surface area contributed by atoms with Crippen LogP contribution in [0.25, 0.3) is 11.6 Å². The molecule has 0 saturated carbocycles. The van der Waals surface area contributed by atoms with Crippen LogP contribution in [-0.2, 0) is 0 Å². The number of rotatable bonds is 3. The van der Waals surface area contributed by atoms with Crippen molar-refractivity contribution in [3.63, 3.8) is 0 Å². The Morgan fingerprint density at radius 1 is 1.05 bits per heavy atom. The lowest BCUT2D eigenvalue weighted by Gasteiger charge is -2.05. The Hall–Kier alpha value is -1.85. The van der Waals surface area contributed by atoms with E-state index < -0.39 is 0 Å². The quantitative estimate of drug-likeness (QED) is 0.529. The van der Waals surface area contributed by atoms with Crippen LogP contribution >= 0.6 is 15.9 Å². The van der Waals surface area contributed by atoms with Crippen molar-refractivity contribution < 1.29 is 0 Å². The number of hydrogen-bond donors (Lipinski definition) is 0. The molecule has 0 bridgehead atoms. The zero-order chi connectivity index (χ0) is 14.5. The van der Waals surface area contributed by atoms with Crippen LogP contribution in [0, 0.1) is 11.3 Å². The van der Waals surface area contributed by atoms with Crippen molar-refractivity contribution in [3.05, 3.63) is 69.7 Å². The molecule has 2 aromatic carbocycles. The highest BCUT2D eigenvalue weighted by molar-refractivity contribution is 9.10. The van der Waals surface area contributed by atoms with Gasteiger partial charge in [-0.1, -0.05) is 66.2 Å². The number of allylic oxidation sites excluding steroid dienone is 1. The van der Waals surface area contributed by atoms with Gasteiger partial charge in [0, 0.05) is 4.47 Å². The largest absolute Gasteiger partial charge is 0.192 e. The molecule has 0 N–H and O–H groups in total. The Morgan fingerprint density at radius 3 is 2.15 bits per heavy atom. The molecular weight excluding hydrogens is 310 g/mol. The summed E-state index contributed by atoms with van der Waals surface area (Å²) in [7, 11) is 0. The first-order valence-electron chi connectivity index (χ1n) is 6.58. The highest BCUT2D eigenvalue weighted by Crippen LogP contribution is 2.21. The first-order chi connectivity index (χ1) is 9.60. The van der Waals surface area contributed by atoms with Gasteiger partial charge in [-0.25, -0.2) is 0 Å². The zero-order valence-corrected chi connectivity index (χ0v) is 13.2. The third kappa shape index (κ3) is 3.59. The molecule has 2 heteroatoms. The highest BCUT2D eigenvalue weighted by Gasteiger charge is 2.02. The molecule has 0 aromatic heterocycles. The van der Waals surface area contributed by atoms with Crippen molar-refractivity contribution in [2.24, 2.45) is 0 Å². The van der Waals surface area contributed by atoms with E-state index in [9.17, 15) is 5.26 Å². The number of benzene rings is 2. The molecular formula is C18H16BrN. The summed E-state index contributed by atoms with van der Waals surface area (Å²) in [5.74, 6) is 0.523. The van der Waals surface area contributed by atoms with Crippen LogP contribution < -0.4 is 0 Å². The van der Waals surface area contributed by atoms with Gasteiger partial charge in [0.1, 0.15) is 0 Å². The molecule has 2 aromatic rings. The van der Waals surface area contributed by atoms with Gasteiger partial charge in [0.25, 0.3) is 0 Å². The SMILES string of the molecule is CC(C)c1ccc(C=C(C#N)c2ccc(Br)cc2)cc1. The lowest BCUT2D eigenvalue weighted by molar-refractivity contribution is 0.866. The van der Waals surface area contributed by atoms with E-state index in [1.165, 1.54) is 5.56 Å². The molecule has 20 heavy (non-hydrogen) atoms. The molecule has 1 nitrogen and oxygen atoms in total. The molecule has 0 amide bonds. The fraction of sp³-hybridized carbons (Fsp3) is 0.167. The van der Waals surface area contributed by atoms with Crippen molar-refractivity contribution in [1.29, 1.82) is 5.26 Å². The van der Waals surface area contributed by atoms with Gasteiger partial charge in [0.05, 0.1) is 11.6 Å². The summed E-state index contributed by atoms with van der Waals surface area (Å²) in [5.41, 5.74) is 3.97. The van der Waals surface area contributed by atoms with E-state index in [0.29, 0.717) is 11.5 Å². The second-order valence-corrected chi connectivity index (χ2v) is 5.91. The van der Waals surface area contributed by atoms with E-state index in [0.717, 1.165) is 15.6 Å². The summed E-state index contributed by atoms with van der Waals surface area (Å²) in [4.78, 5) is 0. The average Bonchev–Trinajstić information content (AvgIpc) is 2.46. The lowest BCUT2D eigenvalue weighted by atomic mass is 9.99. The van der Waals surface area contributed by atoms with Crippen LogP contribution in [0.2, 0.25) is 0 Å². The summed E-state index contributed by atoms with van der Waals surface area (Å²) in [5, 5.41) is 9.32. The smallest absolute Gasteiger partial charge is 0.0998 e. The number of nitriles is 1. The Kier molecular flexibility index (Phi) is 4.76. The molecule has 0 heterocycles. The fourth-order valence-corrected chi connectivity index (χ4v) is 2.22. The summed E-state index contributed by atoms with van der Waals surface area (Å²) in [6, 6.07) is 18.4. The Bertz CT molecular complexity index is 643. The molecule has 0 saturated heterocycles. The van der Waals surface area contributed by atoms with Gasteiger partial charge in [-0.2, -0.15) is 5.26 Å². The van der Waals surface area contributed by atoms with E-state index in [4.69, 9.17) is 0 Å². The average molecular weight is 326 g/mol. The van der Waals surface area contributed by atoms with Gasteiger partial charge >= 0.3 is 0 Å². The Balaban J connectivity index is 2.31.